The number of nitrogens with zero attached hydrogens (tertiary/aromatic N) is 2. The van der Waals surface area contributed by atoms with Crippen molar-refractivity contribution in [2.45, 2.75) is 33.9 Å². The van der Waals surface area contributed by atoms with Crippen molar-refractivity contribution in [2.24, 2.45) is 5.41 Å². The van der Waals surface area contributed by atoms with E-state index in [-0.39, 0.29) is 0 Å². The first-order valence-corrected chi connectivity index (χ1v) is 5.36. The Morgan fingerprint density at radius 3 is 2.15 bits per heavy atom. The van der Waals surface area contributed by atoms with Crippen molar-refractivity contribution in [2.75, 3.05) is 33.7 Å². The molecule has 1 unspecified atom stereocenters. The van der Waals surface area contributed by atoms with Crippen LogP contribution in [0.15, 0.2) is 0 Å². The summed E-state index contributed by atoms with van der Waals surface area (Å²) in [6, 6.07) is 0. The van der Waals surface area contributed by atoms with Crippen molar-refractivity contribution in [3.05, 3.63) is 0 Å². The van der Waals surface area contributed by atoms with E-state index in [0.29, 0.717) is 11.6 Å². The summed E-state index contributed by atoms with van der Waals surface area (Å²) >= 11 is 0. The van der Waals surface area contributed by atoms with Crippen molar-refractivity contribution in [1.82, 2.24) is 4.90 Å². The van der Waals surface area contributed by atoms with Crippen LogP contribution in [-0.2, 0) is 0 Å². The number of quaternary nitrogens is 1. The highest BCUT2D eigenvalue weighted by Gasteiger charge is 2.46. The molecule has 2 heteroatoms. The van der Waals surface area contributed by atoms with Gasteiger partial charge in [0.1, 0.15) is 6.17 Å². The van der Waals surface area contributed by atoms with Gasteiger partial charge in [-0.3, -0.25) is 0 Å². The first-order chi connectivity index (χ1) is 5.79. The van der Waals surface area contributed by atoms with Crippen LogP contribution in [0.3, 0.4) is 0 Å². The van der Waals surface area contributed by atoms with E-state index in [9.17, 15) is 0 Å². The summed E-state index contributed by atoms with van der Waals surface area (Å²) in [6.45, 7) is 13.1. The Balaban J connectivity index is 2.87. The molecule has 0 radical (unpaired) electrons. The van der Waals surface area contributed by atoms with E-state index in [1.54, 1.807) is 0 Å². The van der Waals surface area contributed by atoms with Crippen LogP contribution in [0.1, 0.15) is 27.7 Å². The van der Waals surface area contributed by atoms with E-state index in [1.807, 2.05) is 0 Å². The van der Waals surface area contributed by atoms with Gasteiger partial charge in [-0.15, -0.1) is 0 Å². The smallest absolute Gasteiger partial charge is 0.150 e. The summed E-state index contributed by atoms with van der Waals surface area (Å²) in [5, 5.41) is 0. The highest BCUT2D eigenvalue weighted by Crippen LogP contribution is 2.33. The normalized spacial score (nSPS) is 29.5. The van der Waals surface area contributed by atoms with E-state index in [4.69, 9.17) is 0 Å². The lowest BCUT2D eigenvalue weighted by molar-refractivity contribution is -0.915. The van der Waals surface area contributed by atoms with E-state index in [0.717, 1.165) is 4.48 Å². The van der Waals surface area contributed by atoms with Crippen LogP contribution in [0.25, 0.3) is 0 Å². The Morgan fingerprint density at radius 2 is 1.85 bits per heavy atom. The largest absolute Gasteiger partial charge is 0.312 e. The molecule has 1 fully saturated rings. The molecule has 78 valence electrons. The van der Waals surface area contributed by atoms with Crippen LogP contribution in [0.5, 0.6) is 0 Å². The second kappa shape index (κ2) is 3.25. The Bertz CT molecular complexity index is 179. The van der Waals surface area contributed by atoms with Gasteiger partial charge in [-0.05, 0) is 0 Å². The maximum atomic E-state index is 2.61. The van der Waals surface area contributed by atoms with Crippen molar-refractivity contribution in [1.29, 1.82) is 0 Å². The predicted octanol–water partition coefficient (Wildman–Crippen LogP) is 1.77. The molecule has 0 amide bonds. The molecule has 1 aliphatic heterocycles. The molecular weight excluding hydrogens is 160 g/mol. The van der Waals surface area contributed by atoms with Crippen molar-refractivity contribution >= 4 is 0 Å². The topological polar surface area (TPSA) is 3.24 Å². The van der Waals surface area contributed by atoms with Gasteiger partial charge in [-0.2, -0.15) is 0 Å². The van der Waals surface area contributed by atoms with Crippen LogP contribution in [0.4, 0.5) is 0 Å². The molecule has 0 aromatic rings. The van der Waals surface area contributed by atoms with Gasteiger partial charge in [0.05, 0.1) is 27.2 Å². The number of likely N-dealkylation sites (N-methyl/N-ethyl adjacent to an activating group) is 2. The third kappa shape index (κ3) is 2.05. The molecule has 0 bridgehead atoms. The SMILES string of the molecule is CCN1CC[N+](C)(C)C1C(C)(C)C. The maximum absolute atomic E-state index is 2.61. The zero-order valence-corrected chi connectivity index (χ0v) is 10.1. The lowest BCUT2D eigenvalue weighted by Crippen LogP contribution is -2.55. The van der Waals surface area contributed by atoms with Crippen molar-refractivity contribution in [3.63, 3.8) is 0 Å². The average Bonchev–Trinajstić information content (AvgIpc) is 2.23. The number of hydrogen-bond donors (Lipinski definition) is 0. The molecule has 0 saturated carbocycles. The van der Waals surface area contributed by atoms with Gasteiger partial charge in [0.15, 0.2) is 0 Å². The molecule has 1 atom stereocenters. The molecule has 1 saturated heterocycles. The third-order valence-corrected chi connectivity index (χ3v) is 3.15. The fourth-order valence-electron chi connectivity index (χ4n) is 3.00. The average molecular weight is 185 g/mol. The fourth-order valence-corrected chi connectivity index (χ4v) is 3.00. The molecular formula is C11H25N2+. The molecule has 0 N–H and O–H groups in total. The van der Waals surface area contributed by atoms with Gasteiger partial charge < -0.3 is 4.48 Å². The monoisotopic (exact) mass is 185 g/mol. The van der Waals surface area contributed by atoms with Crippen LogP contribution < -0.4 is 0 Å². The van der Waals surface area contributed by atoms with Crippen LogP contribution in [-0.4, -0.2) is 49.3 Å². The standard InChI is InChI=1S/C11H25N2/c1-7-12-8-9-13(5,6)10(12)11(2,3)4/h10H,7-9H2,1-6H3/q+1. The zero-order valence-electron chi connectivity index (χ0n) is 10.1. The molecule has 0 aromatic heterocycles. The third-order valence-electron chi connectivity index (χ3n) is 3.15. The summed E-state index contributed by atoms with van der Waals surface area (Å²) in [7, 11) is 4.71. The van der Waals surface area contributed by atoms with E-state index in [1.165, 1.54) is 19.6 Å². The minimum Gasteiger partial charge on any atom is -0.312 e. The van der Waals surface area contributed by atoms with Crippen molar-refractivity contribution < 1.29 is 4.48 Å². The Hall–Kier alpha value is -0.0800. The van der Waals surface area contributed by atoms with Crippen LogP contribution >= 0.6 is 0 Å². The number of hydrogen-bond acceptors (Lipinski definition) is 1. The molecule has 0 spiro atoms. The van der Waals surface area contributed by atoms with E-state index >= 15 is 0 Å². The van der Waals surface area contributed by atoms with Crippen molar-refractivity contribution in [3.8, 4) is 0 Å². The molecule has 1 rings (SSSR count). The number of rotatable bonds is 1. The summed E-state index contributed by atoms with van der Waals surface area (Å²) in [6.07, 6.45) is 0.678. The summed E-state index contributed by atoms with van der Waals surface area (Å²) < 4.78 is 1.15. The van der Waals surface area contributed by atoms with Crippen LogP contribution in [0, 0.1) is 5.41 Å². The molecule has 1 aliphatic rings. The summed E-state index contributed by atoms with van der Waals surface area (Å²) in [5.74, 6) is 0. The van der Waals surface area contributed by atoms with Gasteiger partial charge in [-0.1, -0.05) is 27.7 Å². The quantitative estimate of drug-likeness (QED) is 0.563. The van der Waals surface area contributed by atoms with Crippen LogP contribution in [0.2, 0.25) is 0 Å². The van der Waals surface area contributed by atoms with Gasteiger partial charge >= 0.3 is 0 Å². The molecule has 13 heavy (non-hydrogen) atoms. The highest BCUT2D eigenvalue weighted by molar-refractivity contribution is 4.79. The molecule has 2 nitrogen and oxygen atoms in total. The first kappa shape index (κ1) is 11.0. The summed E-state index contributed by atoms with van der Waals surface area (Å²) in [4.78, 5) is 2.61. The molecule has 0 aliphatic carbocycles. The second-order valence-electron chi connectivity index (χ2n) is 5.87. The summed E-state index contributed by atoms with van der Waals surface area (Å²) in [5.41, 5.74) is 0.385. The predicted molar refractivity (Wildman–Crippen MR) is 57.5 cm³/mol. The van der Waals surface area contributed by atoms with E-state index in [2.05, 4.69) is 46.7 Å². The van der Waals surface area contributed by atoms with Gasteiger partial charge in [0.25, 0.3) is 0 Å². The lowest BCUT2D eigenvalue weighted by atomic mass is 9.90. The maximum Gasteiger partial charge on any atom is 0.150 e. The minimum atomic E-state index is 0.385. The molecule has 0 aromatic carbocycles. The van der Waals surface area contributed by atoms with Gasteiger partial charge in [0.2, 0.25) is 0 Å². The Morgan fingerprint density at radius 1 is 1.31 bits per heavy atom. The highest BCUT2D eigenvalue weighted by atomic mass is 15.5. The fraction of sp³-hybridized carbons (Fsp3) is 1.00. The Labute approximate surface area is 83.1 Å². The lowest BCUT2D eigenvalue weighted by Gasteiger charge is -2.42. The first-order valence-electron chi connectivity index (χ1n) is 5.36. The Kier molecular flexibility index (Phi) is 2.75. The zero-order chi connectivity index (χ0) is 10.3. The van der Waals surface area contributed by atoms with Gasteiger partial charge in [0, 0.05) is 12.0 Å². The van der Waals surface area contributed by atoms with E-state index < -0.39 is 0 Å². The minimum absolute atomic E-state index is 0.385. The van der Waals surface area contributed by atoms with Gasteiger partial charge in [-0.25, -0.2) is 4.90 Å². The molecule has 1 heterocycles. The second-order valence-corrected chi connectivity index (χ2v) is 5.87.